The summed E-state index contributed by atoms with van der Waals surface area (Å²) < 4.78 is 7.18. The third kappa shape index (κ3) is 4.93. The Morgan fingerprint density at radius 2 is 2.15 bits per heavy atom. The highest BCUT2D eigenvalue weighted by molar-refractivity contribution is 9.11. The fraction of sp³-hybridized carbons (Fsp3) is 0.250. The second kappa shape index (κ2) is 8.01. The monoisotopic (exact) mass is 405 g/mol. The molecule has 2 amide bonds. The zero-order chi connectivity index (χ0) is 15.1. The summed E-state index contributed by atoms with van der Waals surface area (Å²) in [6.45, 7) is 2.54. The Hall–Kier alpha value is -1.41. The highest BCUT2D eigenvalue weighted by atomic mass is 79.9. The van der Waals surface area contributed by atoms with E-state index in [0.717, 1.165) is 15.4 Å². The molecule has 0 spiro atoms. The van der Waals surface area contributed by atoms with Gasteiger partial charge in [-0.2, -0.15) is 5.10 Å². The molecule has 1 rings (SSSR count). The van der Waals surface area contributed by atoms with E-state index in [1.54, 1.807) is 6.07 Å². The normalized spacial score (nSPS) is 10.6. The Morgan fingerprint density at radius 3 is 2.75 bits per heavy atom. The van der Waals surface area contributed by atoms with Gasteiger partial charge in [-0.15, -0.1) is 0 Å². The summed E-state index contributed by atoms with van der Waals surface area (Å²) in [5, 5.41) is 3.67. The van der Waals surface area contributed by atoms with Gasteiger partial charge in [0.25, 0.3) is 0 Å². The summed E-state index contributed by atoms with van der Waals surface area (Å²) in [4.78, 5) is 21.5. The molecule has 0 heterocycles. The molecule has 20 heavy (non-hydrogen) atoms. The third-order valence-electron chi connectivity index (χ3n) is 2.08. The number of primary amides is 1. The second-order valence-electron chi connectivity index (χ2n) is 3.72. The van der Waals surface area contributed by atoms with Crippen molar-refractivity contribution in [1.82, 2.24) is 5.43 Å². The molecule has 0 fully saturated rings. The van der Waals surface area contributed by atoms with Crippen molar-refractivity contribution in [2.45, 2.75) is 13.3 Å². The van der Waals surface area contributed by atoms with Crippen molar-refractivity contribution >= 4 is 49.9 Å². The predicted octanol–water partition coefficient (Wildman–Crippen LogP) is 1.94. The highest BCUT2D eigenvalue weighted by Crippen LogP contribution is 2.32. The molecule has 6 nitrogen and oxygen atoms in total. The molecule has 1 aromatic carbocycles. The number of rotatable bonds is 5. The maximum atomic E-state index is 11.0. The first-order valence-corrected chi connectivity index (χ1v) is 7.29. The Morgan fingerprint density at radius 1 is 1.45 bits per heavy atom. The van der Waals surface area contributed by atoms with Gasteiger partial charge in [0.15, 0.2) is 0 Å². The maximum absolute atomic E-state index is 11.0. The molecule has 0 bridgehead atoms. The van der Waals surface area contributed by atoms with E-state index < -0.39 is 11.8 Å². The standard InChI is InChI=1S/C12H13Br2N3O3/c1-2-3-20-10-7(4-8(13)5-9(10)14)6-16-17-12(19)11(15)18/h4-6H,2-3H2,1H3,(H2,15,18)(H,17,19)/b16-6-. The lowest BCUT2D eigenvalue weighted by atomic mass is 10.2. The molecule has 0 radical (unpaired) electrons. The van der Waals surface area contributed by atoms with E-state index in [0.29, 0.717) is 17.9 Å². The molecular weight excluding hydrogens is 394 g/mol. The number of carbonyl (C=O) groups excluding carboxylic acids is 2. The fourth-order valence-electron chi connectivity index (χ4n) is 1.25. The van der Waals surface area contributed by atoms with Crippen LogP contribution in [-0.4, -0.2) is 24.6 Å². The Labute approximate surface area is 133 Å². The van der Waals surface area contributed by atoms with Gasteiger partial charge in [0.2, 0.25) is 0 Å². The van der Waals surface area contributed by atoms with E-state index in [4.69, 9.17) is 10.5 Å². The Kier molecular flexibility index (Phi) is 6.66. The Bertz CT molecular complexity index is 547. The van der Waals surface area contributed by atoms with Crippen molar-refractivity contribution in [2.75, 3.05) is 6.61 Å². The molecule has 8 heteroatoms. The number of hydrazone groups is 1. The van der Waals surface area contributed by atoms with E-state index >= 15 is 0 Å². The van der Waals surface area contributed by atoms with Crippen molar-refractivity contribution in [3.05, 3.63) is 26.6 Å². The molecule has 0 aliphatic carbocycles. The number of nitrogens with two attached hydrogens (primary N) is 1. The summed E-state index contributed by atoms with van der Waals surface area (Å²) in [7, 11) is 0. The molecule has 0 saturated carbocycles. The molecule has 108 valence electrons. The summed E-state index contributed by atoms with van der Waals surface area (Å²) in [5.74, 6) is -1.47. The largest absolute Gasteiger partial charge is 0.492 e. The lowest BCUT2D eigenvalue weighted by molar-refractivity contribution is -0.137. The van der Waals surface area contributed by atoms with Gasteiger partial charge in [0.05, 0.1) is 17.3 Å². The number of hydrogen-bond donors (Lipinski definition) is 2. The van der Waals surface area contributed by atoms with E-state index in [-0.39, 0.29) is 0 Å². The first-order chi connectivity index (χ1) is 9.45. The first kappa shape index (κ1) is 16.6. The minimum absolute atomic E-state index is 0.550. The summed E-state index contributed by atoms with van der Waals surface area (Å²) in [6, 6.07) is 3.61. The zero-order valence-electron chi connectivity index (χ0n) is 10.7. The van der Waals surface area contributed by atoms with E-state index in [1.165, 1.54) is 6.21 Å². The van der Waals surface area contributed by atoms with Crippen molar-refractivity contribution in [1.29, 1.82) is 0 Å². The topological polar surface area (TPSA) is 93.8 Å². The SMILES string of the molecule is CCCOc1c(Br)cc(Br)cc1/C=N\NC(=O)C(N)=O. The van der Waals surface area contributed by atoms with Gasteiger partial charge in [-0.1, -0.05) is 22.9 Å². The van der Waals surface area contributed by atoms with Crippen molar-refractivity contribution in [3.8, 4) is 5.75 Å². The number of halogens is 2. The van der Waals surface area contributed by atoms with Crippen LogP contribution in [0.25, 0.3) is 0 Å². The maximum Gasteiger partial charge on any atom is 0.329 e. The van der Waals surface area contributed by atoms with Crippen LogP contribution in [0.5, 0.6) is 5.75 Å². The fourth-order valence-corrected chi connectivity index (χ4v) is 2.62. The van der Waals surface area contributed by atoms with Crippen LogP contribution in [0.15, 0.2) is 26.2 Å². The van der Waals surface area contributed by atoms with Crippen LogP contribution in [0.4, 0.5) is 0 Å². The summed E-state index contributed by atoms with van der Waals surface area (Å²) in [6.07, 6.45) is 2.23. The number of nitrogens with one attached hydrogen (secondary N) is 1. The number of amides is 2. The second-order valence-corrected chi connectivity index (χ2v) is 5.49. The van der Waals surface area contributed by atoms with Crippen LogP contribution in [-0.2, 0) is 9.59 Å². The van der Waals surface area contributed by atoms with Crippen LogP contribution in [0.1, 0.15) is 18.9 Å². The number of benzene rings is 1. The lowest BCUT2D eigenvalue weighted by Crippen LogP contribution is -2.32. The van der Waals surface area contributed by atoms with Crippen LogP contribution in [0.2, 0.25) is 0 Å². The van der Waals surface area contributed by atoms with E-state index in [1.807, 2.05) is 18.4 Å². The lowest BCUT2D eigenvalue weighted by Gasteiger charge is -2.10. The van der Waals surface area contributed by atoms with Crippen LogP contribution in [0, 0.1) is 0 Å². The molecule has 0 aromatic heterocycles. The minimum atomic E-state index is -1.10. The number of carbonyl (C=O) groups is 2. The van der Waals surface area contributed by atoms with Crippen LogP contribution >= 0.6 is 31.9 Å². The van der Waals surface area contributed by atoms with E-state index in [9.17, 15) is 9.59 Å². The average Bonchev–Trinajstić information content (AvgIpc) is 2.37. The van der Waals surface area contributed by atoms with Gasteiger partial charge in [-0.05, 0) is 34.5 Å². The van der Waals surface area contributed by atoms with Crippen LogP contribution < -0.4 is 15.9 Å². The van der Waals surface area contributed by atoms with Gasteiger partial charge in [-0.3, -0.25) is 9.59 Å². The Balaban J connectivity index is 2.94. The molecule has 0 unspecified atom stereocenters. The molecule has 0 aliphatic rings. The minimum Gasteiger partial charge on any atom is -0.492 e. The predicted molar refractivity (Wildman–Crippen MR) is 82.6 cm³/mol. The summed E-state index contributed by atoms with van der Waals surface area (Å²) >= 11 is 6.74. The zero-order valence-corrected chi connectivity index (χ0v) is 13.8. The van der Waals surface area contributed by atoms with Gasteiger partial charge < -0.3 is 10.5 Å². The number of hydrogen-bond acceptors (Lipinski definition) is 4. The molecule has 0 aliphatic heterocycles. The smallest absolute Gasteiger partial charge is 0.329 e. The third-order valence-corrected chi connectivity index (χ3v) is 3.13. The van der Waals surface area contributed by atoms with Gasteiger partial charge in [-0.25, -0.2) is 5.43 Å². The summed E-state index contributed by atoms with van der Waals surface area (Å²) in [5.41, 5.74) is 7.46. The first-order valence-electron chi connectivity index (χ1n) is 5.70. The molecular formula is C12H13Br2N3O3. The van der Waals surface area contributed by atoms with E-state index in [2.05, 4.69) is 37.0 Å². The van der Waals surface area contributed by atoms with Gasteiger partial charge in [0.1, 0.15) is 5.75 Å². The van der Waals surface area contributed by atoms with Crippen molar-refractivity contribution < 1.29 is 14.3 Å². The molecule has 1 aromatic rings. The number of nitrogens with zero attached hydrogens (tertiary/aromatic N) is 1. The van der Waals surface area contributed by atoms with Crippen molar-refractivity contribution in [2.24, 2.45) is 10.8 Å². The quantitative estimate of drug-likeness (QED) is 0.444. The highest BCUT2D eigenvalue weighted by Gasteiger charge is 2.10. The van der Waals surface area contributed by atoms with Crippen molar-refractivity contribution in [3.63, 3.8) is 0 Å². The number of ether oxygens (including phenoxy) is 1. The van der Waals surface area contributed by atoms with Crippen LogP contribution in [0.3, 0.4) is 0 Å². The van der Waals surface area contributed by atoms with Gasteiger partial charge in [0, 0.05) is 10.0 Å². The molecule has 3 N–H and O–H groups in total. The molecule has 0 saturated heterocycles. The average molecular weight is 407 g/mol. The van der Waals surface area contributed by atoms with Gasteiger partial charge >= 0.3 is 11.8 Å². The molecule has 0 atom stereocenters.